The van der Waals surface area contributed by atoms with E-state index >= 15 is 0 Å². The Morgan fingerprint density at radius 2 is 1.67 bits per heavy atom. The van der Waals surface area contributed by atoms with Gasteiger partial charge in [0, 0.05) is 18.5 Å². The molecule has 0 amide bonds. The summed E-state index contributed by atoms with van der Waals surface area (Å²) in [6.07, 6.45) is 7.99. The Balaban J connectivity index is 1.68. The number of nitrogens with one attached hydrogen (secondary N) is 1. The quantitative estimate of drug-likeness (QED) is 0.489. The normalized spacial score (nSPS) is 20.4. The van der Waals surface area contributed by atoms with E-state index in [4.69, 9.17) is 11.1 Å². The summed E-state index contributed by atoms with van der Waals surface area (Å²) >= 11 is 0. The van der Waals surface area contributed by atoms with E-state index in [0.29, 0.717) is 5.84 Å². The van der Waals surface area contributed by atoms with Gasteiger partial charge in [0.05, 0.1) is 5.84 Å². The fraction of sp³-hybridized carbons (Fsp3) is 0.933. The molecule has 2 rings (SSSR count). The van der Waals surface area contributed by atoms with Gasteiger partial charge in [0.1, 0.15) is 0 Å². The van der Waals surface area contributed by atoms with Crippen LogP contribution in [-0.2, 0) is 0 Å². The second kappa shape index (κ2) is 5.60. The molecule has 0 radical (unpaired) electrons. The van der Waals surface area contributed by atoms with E-state index in [1.807, 2.05) is 0 Å². The Morgan fingerprint density at radius 1 is 1.17 bits per heavy atom. The zero-order chi connectivity index (χ0) is 13.2. The van der Waals surface area contributed by atoms with E-state index in [1.165, 1.54) is 51.7 Å². The van der Waals surface area contributed by atoms with Crippen LogP contribution in [-0.4, -0.2) is 30.4 Å². The molecule has 0 bridgehead atoms. The van der Waals surface area contributed by atoms with Gasteiger partial charge in [0.2, 0.25) is 0 Å². The van der Waals surface area contributed by atoms with E-state index < -0.39 is 0 Å². The first-order valence-electron chi connectivity index (χ1n) is 7.54. The molecular weight excluding hydrogens is 222 g/mol. The minimum Gasteiger partial charge on any atom is -0.387 e. The standard InChI is InChI=1S/C15H29N3/c1-15(2,14(16)17)8-3-9-18(10-12-4-5-12)11-13-6-7-13/h12-13H,3-11H2,1-2H3,(H3,16,17). The van der Waals surface area contributed by atoms with Crippen LogP contribution in [0.5, 0.6) is 0 Å². The maximum absolute atomic E-state index is 7.59. The fourth-order valence-electron chi connectivity index (χ4n) is 2.47. The van der Waals surface area contributed by atoms with E-state index in [9.17, 15) is 0 Å². The SMILES string of the molecule is CC(C)(CCCN(CC1CC1)CC1CC1)C(=N)N. The van der Waals surface area contributed by atoms with Crippen molar-refractivity contribution in [1.82, 2.24) is 4.90 Å². The Hall–Kier alpha value is -0.570. The van der Waals surface area contributed by atoms with Crippen molar-refractivity contribution in [2.75, 3.05) is 19.6 Å². The van der Waals surface area contributed by atoms with Crippen LogP contribution in [0.3, 0.4) is 0 Å². The zero-order valence-electron chi connectivity index (χ0n) is 12.0. The van der Waals surface area contributed by atoms with Crippen molar-refractivity contribution in [3.05, 3.63) is 0 Å². The molecule has 2 aliphatic rings. The average Bonchev–Trinajstić information content (AvgIpc) is 3.12. The van der Waals surface area contributed by atoms with Gasteiger partial charge in [0.25, 0.3) is 0 Å². The van der Waals surface area contributed by atoms with Crippen molar-refractivity contribution in [3.63, 3.8) is 0 Å². The lowest BCUT2D eigenvalue weighted by Crippen LogP contribution is -2.33. The predicted octanol–water partition coefficient (Wildman–Crippen LogP) is 2.85. The second-order valence-electron chi connectivity index (χ2n) is 7.05. The van der Waals surface area contributed by atoms with Crippen LogP contribution < -0.4 is 5.73 Å². The van der Waals surface area contributed by atoms with Gasteiger partial charge in [-0.25, -0.2) is 0 Å². The summed E-state index contributed by atoms with van der Waals surface area (Å²) in [6, 6.07) is 0. The summed E-state index contributed by atoms with van der Waals surface area (Å²) in [7, 11) is 0. The van der Waals surface area contributed by atoms with Crippen LogP contribution in [0.1, 0.15) is 52.4 Å². The fourth-order valence-corrected chi connectivity index (χ4v) is 2.47. The van der Waals surface area contributed by atoms with Gasteiger partial charge in [-0.3, -0.25) is 5.41 Å². The molecule has 18 heavy (non-hydrogen) atoms. The highest BCUT2D eigenvalue weighted by Gasteiger charge is 2.29. The summed E-state index contributed by atoms with van der Waals surface area (Å²) in [4.78, 5) is 2.67. The number of nitrogens with zero attached hydrogens (tertiary/aromatic N) is 1. The lowest BCUT2D eigenvalue weighted by Gasteiger charge is -2.26. The second-order valence-corrected chi connectivity index (χ2v) is 7.05. The Morgan fingerprint density at radius 3 is 2.06 bits per heavy atom. The van der Waals surface area contributed by atoms with E-state index in [-0.39, 0.29) is 5.41 Å². The minimum absolute atomic E-state index is 0.120. The summed E-state index contributed by atoms with van der Waals surface area (Å²) in [5, 5.41) is 7.59. The third-order valence-electron chi connectivity index (χ3n) is 4.43. The maximum Gasteiger partial charge on any atom is 0.0963 e. The first-order valence-corrected chi connectivity index (χ1v) is 7.54. The van der Waals surface area contributed by atoms with Crippen LogP contribution in [0.4, 0.5) is 0 Å². The number of amidine groups is 1. The molecule has 2 aliphatic carbocycles. The van der Waals surface area contributed by atoms with Gasteiger partial charge in [-0.1, -0.05) is 13.8 Å². The molecule has 0 unspecified atom stereocenters. The average molecular weight is 251 g/mol. The molecule has 0 aromatic rings. The lowest BCUT2D eigenvalue weighted by atomic mass is 9.86. The highest BCUT2D eigenvalue weighted by molar-refractivity contribution is 5.82. The van der Waals surface area contributed by atoms with E-state index in [1.54, 1.807) is 0 Å². The maximum atomic E-state index is 7.59. The lowest BCUT2D eigenvalue weighted by molar-refractivity contribution is 0.239. The molecule has 3 N–H and O–H groups in total. The van der Waals surface area contributed by atoms with Gasteiger partial charge in [-0.05, 0) is 56.9 Å². The molecule has 2 fully saturated rings. The van der Waals surface area contributed by atoms with Crippen LogP contribution in [0.2, 0.25) is 0 Å². The number of rotatable bonds is 9. The van der Waals surface area contributed by atoms with Gasteiger partial charge < -0.3 is 10.6 Å². The number of hydrogen-bond acceptors (Lipinski definition) is 2. The molecular formula is C15H29N3. The topological polar surface area (TPSA) is 53.1 Å². The highest BCUT2D eigenvalue weighted by Crippen LogP contribution is 2.34. The van der Waals surface area contributed by atoms with Crippen LogP contribution in [0.25, 0.3) is 0 Å². The van der Waals surface area contributed by atoms with Crippen molar-refractivity contribution in [2.45, 2.75) is 52.4 Å². The van der Waals surface area contributed by atoms with Crippen molar-refractivity contribution >= 4 is 5.84 Å². The molecule has 104 valence electrons. The smallest absolute Gasteiger partial charge is 0.0963 e. The largest absolute Gasteiger partial charge is 0.387 e. The molecule has 0 aromatic carbocycles. The van der Waals surface area contributed by atoms with E-state index in [0.717, 1.165) is 18.3 Å². The van der Waals surface area contributed by atoms with Crippen molar-refractivity contribution in [1.29, 1.82) is 5.41 Å². The molecule has 2 saturated carbocycles. The summed E-state index contributed by atoms with van der Waals surface area (Å²) in [5.41, 5.74) is 5.52. The number of hydrogen-bond donors (Lipinski definition) is 2. The van der Waals surface area contributed by atoms with Crippen LogP contribution in [0.15, 0.2) is 0 Å². The van der Waals surface area contributed by atoms with Gasteiger partial charge in [-0.15, -0.1) is 0 Å². The molecule has 3 nitrogen and oxygen atoms in total. The number of nitrogens with two attached hydrogens (primary N) is 1. The summed E-state index contributed by atoms with van der Waals surface area (Å²) in [6.45, 7) is 8.00. The molecule has 0 aliphatic heterocycles. The summed E-state index contributed by atoms with van der Waals surface area (Å²) in [5.74, 6) is 2.31. The molecule has 0 aromatic heterocycles. The van der Waals surface area contributed by atoms with E-state index in [2.05, 4.69) is 18.7 Å². The van der Waals surface area contributed by atoms with Gasteiger partial charge >= 0.3 is 0 Å². The molecule has 0 saturated heterocycles. The zero-order valence-corrected chi connectivity index (χ0v) is 12.0. The molecule has 3 heteroatoms. The monoisotopic (exact) mass is 251 g/mol. The Labute approximate surface area is 112 Å². The van der Waals surface area contributed by atoms with Gasteiger partial charge in [-0.2, -0.15) is 0 Å². The predicted molar refractivity (Wildman–Crippen MR) is 76.8 cm³/mol. The third kappa shape index (κ3) is 4.60. The Bertz CT molecular complexity index is 276. The van der Waals surface area contributed by atoms with Crippen molar-refractivity contribution < 1.29 is 0 Å². The molecule has 0 spiro atoms. The summed E-state index contributed by atoms with van der Waals surface area (Å²) < 4.78 is 0. The highest BCUT2D eigenvalue weighted by atomic mass is 15.1. The first kappa shape index (κ1) is 13.9. The minimum atomic E-state index is -0.120. The van der Waals surface area contributed by atoms with Crippen molar-refractivity contribution in [3.8, 4) is 0 Å². The van der Waals surface area contributed by atoms with Gasteiger partial charge in [0.15, 0.2) is 0 Å². The first-order chi connectivity index (χ1) is 8.47. The van der Waals surface area contributed by atoms with Crippen molar-refractivity contribution in [2.24, 2.45) is 23.0 Å². The van der Waals surface area contributed by atoms with Crippen LogP contribution >= 0.6 is 0 Å². The third-order valence-corrected chi connectivity index (χ3v) is 4.43. The molecule has 0 heterocycles. The Kier molecular flexibility index (Phi) is 4.31. The van der Waals surface area contributed by atoms with Crippen LogP contribution in [0, 0.1) is 22.7 Å². The molecule has 0 atom stereocenters.